The highest BCUT2D eigenvalue weighted by Crippen LogP contribution is 2.37. The molecule has 35 heavy (non-hydrogen) atoms. The zero-order valence-corrected chi connectivity index (χ0v) is 19.9. The number of nitrogens with zero attached hydrogens (tertiary/aromatic N) is 3. The Bertz CT molecular complexity index is 1720. The number of fused-ring (bicyclic) bond motifs is 1. The summed E-state index contributed by atoms with van der Waals surface area (Å²) in [6, 6.07) is 18.9. The second-order valence-electron chi connectivity index (χ2n) is 8.19. The van der Waals surface area contributed by atoms with Crippen LogP contribution in [0.1, 0.15) is 5.56 Å². The molecule has 0 unspecified atom stereocenters. The van der Waals surface area contributed by atoms with Crippen LogP contribution in [0.3, 0.4) is 0 Å². The third-order valence-electron chi connectivity index (χ3n) is 5.69. The molecule has 0 aliphatic rings. The second kappa shape index (κ2) is 8.44. The van der Waals surface area contributed by atoms with Crippen molar-refractivity contribution in [3.63, 3.8) is 0 Å². The number of rotatable bonds is 5. The van der Waals surface area contributed by atoms with Crippen molar-refractivity contribution in [3.8, 4) is 22.8 Å². The number of aromatic nitrogens is 3. The molecule has 2 N–H and O–H groups in total. The Labute approximate surface area is 201 Å². The van der Waals surface area contributed by atoms with Crippen LogP contribution in [-0.4, -0.2) is 21.9 Å². The van der Waals surface area contributed by atoms with Crippen LogP contribution in [0, 0.1) is 6.92 Å². The molecule has 0 bridgehead atoms. The number of nitrogen functional groups attached to an aromatic ring is 1. The summed E-state index contributed by atoms with van der Waals surface area (Å²) < 4.78 is 35.3. The standard InChI is InChI=1S/C26H22N4O4S/c1-17-8-10-20(11-9-17)35(32,33)30-13-12-21-23(16-29(2)26(31)24(21)30)22-14-18(27)15-28-25(22)34-19-6-4-3-5-7-19/h3-16H,27H2,1-2H3. The van der Waals surface area contributed by atoms with Crippen molar-refractivity contribution in [3.05, 3.63) is 101 Å². The molecule has 9 heteroatoms. The SMILES string of the molecule is Cc1ccc(S(=O)(=O)n2ccc3c(-c4cc(N)cnc4Oc4ccccc4)cn(C)c(=O)c32)cc1. The van der Waals surface area contributed by atoms with Gasteiger partial charge in [-0.05, 0) is 43.3 Å². The number of pyridine rings is 2. The Morgan fingerprint density at radius 1 is 0.971 bits per heavy atom. The maximum Gasteiger partial charge on any atom is 0.275 e. The molecule has 0 aliphatic heterocycles. The lowest BCUT2D eigenvalue weighted by Gasteiger charge is -2.14. The Morgan fingerprint density at radius 3 is 2.40 bits per heavy atom. The first-order valence-electron chi connectivity index (χ1n) is 10.8. The van der Waals surface area contributed by atoms with Gasteiger partial charge < -0.3 is 15.0 Å². The van der Waals surface area contributed by atoms with Crippen LogP contribution in [-0.2, 0) is 17.1 Å². The van der Waals surface area contributed by atoms with E-state index in [4.69, 9.17) is 10.5 Å². The van der Waals surface area contributed by atoms with Gasteiger partial charge in [0.25, 0.3) is 15.6 Å². The van der Waals surface area contributed by atoms with Crippen LogP contribution in [0.4, 0.5) is 5.69 Å². The van der Waals surface area contributed by atoms with Crippen LogP contribution in [0.15, 0.2) is 95.0 Å². The number of ether oxygens (including phenoxy) is 1. The zero-order valence-electron chi connectivity index (χ0n) is 19.0. The van der Waals surface area contributed by atoms with Crippen LogP contribution in [0.2, 0.25) is 0 Å². The average molecular weight is 487 g/mol. The number of nitrogens with two attached hydrogens (primary N) is 1. The highest BCUT2D eigenvalue weighted by atomic mass is 32.2. The van der Waals surface area contributed by atoms with Gasteiger partial charge >= 0.3 is 0 Å². The van der Waals surface area contributed by atoms with E-state index in [2.05, 4.69) is 4.98 Å². The number of aryl methyl sites for hydroxylation is 2. The minimum Gasteiger partial charge on any atom is -0.438 e. The predicted octanol–water partition coefficient (Wildman–Crippen LogP) is 4.32. The molecule has 3 aromatic heterocycles. The summed E-state index contributed by atoms with van der Waals surface area (Å²) in [6.45, 7) is 1.87. The molecule has 0 spiro atoms. The normalized spacial score (nSPS) is 11.6. The van der Waals surface area contributed by atoms with E-state index in [0.717, 1.165) is 9.54 Å². The van der Waals surface area contributed by atoms with E-state index in [-0.39, 0.29) is 16.3 Å². The lowest BCUT2D eigenvalue weighted by molar-refractivity contribution is 0.465. The minimum atomic E-state index is -4.01. The Hall–Kier alpha value is -4.37. The van der Waals surface area contributed by atoms with Gasteiger partial charge in [0.2, 0.25) is 5.88 Å². The molecule has 2 aromatic carbocycles. The molecule has 0 saturated heterocycles. The van der Waals surface area contributed by atoms with Crippen LogP contribution in [0.5, 0.6) is 11.6 Å². The zero-order chi connectivity index (χ0) is 24.7. The summed E-state index contributed by atoms with van der Waals surface area (Å²) in [5.74, 6) is 0.853. The molecular weight excluding hydrogens is 464 g/mol. The van der Waals surface area contributed by atoms with Crippen LogP contribution >= 0.6 is 0 Å². The third-order valence-corrected chi connectivity index (χ3v) is 7.38. The number of benzene rings is 2. The summed E-state index contributed by atoms with van der Waals surface area (Å²) in [5, 5.41) is 0.439. The Morgan fingerprint density at radius 2 is 1.69 bits per heavy atom. The van der Waals surface area contributed by atoms with E-state index in [1.165, 1.54) is 29.1 Å². The molecule has 0 saturated carbocycles. The summed E-state index contributed by atoms with van der Waals surface area (Å²) in [4.78, 5) is 17.6. The monoisotopic (exact) mass is 486 g/mol. The van der Waals surface area contributed by atoms with Crippen LogP contribution < -0.4 is 16.0 Å². The molecule has 0 radical (unpaired) electrons. The van der Waals surface area contributed by atoms with Crippen molar-refractivity contribution in [2.24, 2.45) is 7.05 Å². The maximum absolute atomic E-state index is 13.5. The number of hydrogen-bond donors (Lipinski definition) is 1. The van der Waals surface area contributed by atoms with E-state index in [0.29, 0.717) is 28.0 Å². The van der Waals surface area contributed by atoms with Gasteiger partial charge in [-0.3, -0.25) is 4.79 Å². The molecule has 0 fully saturated rings. The lowest BCUT2D eigenvalue weighted by Crippen LogP contribution is -2.22. The van der Waals surface area contributed by atoms with E-state index in [1.807, 2.05) is 25.1 Å². The van der Waals surface area contributed by atoms with Crippen molar-refractivity contribution in [2.45, 2.75) is 11.8 Å². The highest BCUT2D eigenvalue weighted by molar-refractivity contribution is 7.90. The Kier molecular flexibility index (Phi) is 5.41. The quantitative estimate of drug-likeness (QED) is 0.396. The van der Waals surface area contributed by atoms with Gasteiger partial charge in [-0.15, -0.1) is 0 Å². The first-order chi connectivity index (χ1) is 16.8. The van der Waals surface area contributed by atoms with E-state index < -0.39 is 15.6 Å². The number of anilines is 1. The second-order valence-corrected chi connectivity index (χ2v) is 10.0. The largest absolute Gasteiger partial charge is 0.438 e. The molecule has 0 amide bonds. The van der Waals surface area contributed by atoms with Gasteiger partial charge in [-0.2, -0.15) is 0 Å². The van der Waals surface area contributed by atoms with Crippen molar-refractivity contribution in [2.75, 3.05) is 5.73 Å². The van der Waals surface area contributed by atoms with Gasteiger partial charge in [-0.1, -0.05) is 35.9 Å². The smallest absolute Gasteiger partial charge is 0.275 e. The molecular formula is C26H22N4O4S. The lowest BCUT2D eigenvalue weighted by atomic mass is 10.0. The van der Waals surface area contributed by atoms with Crippen molar-refractivity contribution in [1.29, 1.82) is 0 Å². The summed E-state index contributed by atoms with van der Waals surface area (Å²) in [7, 11) is -2.44. The number of para-hydroxylation sites is 1. The van der Waals surface area contributed by atoms with Gasteiger partial charge in [-0.25, -0.2) is 17.4 Å². The van der Waals surface area contributed by atoms with Gasteiger partial charge in [0, 0.05) is 36.0 Å². The number of hydrogen-bond acceptors (Lipinski definition) is 6. The molecule has 5 rings (SSSR count). The van der Waals surface area contributed by atoms with Gasteiger partial charge in [0.05, 0.1) is 16.8 Å². The maximum atomic E-state index is 13.5. The molecule has 8 nitrogen and oxygen atoms in total. The first kappa shape index (κ1) is 22.4. The molecule has 0 atom stereocenters. The topological polar surface area (TPSA) is 109 Å². The van der Waals surface area contributed by atoms with Crippen molar-refractivity contribution in [1.82, 2.24) is 13.5 Å². The Balaban J connectivity index is 1.74. The fourth-order valence-corrected chi connectivity index (χ4v) is 5.26. The highest BCUT2D eigenvalue weighted by Gasteiger charge is 2.24. The van der Waals surface area contributed by atoms with Crippen LogP contribution in [0.25, 0.3) is 22.0 Å². The fourth-order valence-electron chi connectivity index (χ4n) is 3.91. The summed E-state index contributed by atoms with van der Waals surface area (Å²) >= 11 is 0. The van der Waals surface area contributed by atoms with Gasteiger partial charge in [0.15, 0.2) is 0 Å². The van der Waals surface area contributed by atoms with E-state index in [9.17, 15) is 13.2 Å². The molecule has 176 valence electrons. The van der Waals surface area contributed by atoms with E-state index >= 15 is 0 Å². The third kappa shape index (κ3) is 3.95. The van der Waals surface area contributed by atoms with Crippen molar-refractivity contribution < 1.29 is 13.2 Å². The van der Waals surface area contributed by atoms with Crippen molar-refractivity contribution >= 4 is 26.6 Å². The average Bonchev–Trinajstić information content (AvgIpc) is 3.30. The summed E-state index contributed by atoms with van der Waals surface area (Å²) in [6.07, 6.45) is 4.50. The summed E-state index contributed by atoms with van der Waals surface area (Å²) in [5.41, 5.74) is 8.04. The van der Waals surface area contributed by atoms with Gasteiger partial charge in [0.1, 0.15) is 11.3 Å². The first-order valence-corrected chi connectivity index (χ1v) is 12.2. The van der Waals surface area contributed by atoms with E-state index in [1.54, 1.807) is 49.6 Å². The fraction of sp³-hybridized carbons (Fsp3) is 0.0769. The predicted molar refractivity (Wildman–Crippen MR) is 135 cm³/mol. The molecule has 0 aliphatic carbocycles. The molecule has 3 heterocycles. The minimum absolute atomic E-state index is 0.0265. The molecule has 5 aromatic rings.